The van der Waals surface area contributed by atoms with Crippen LogP contribution in [0.2, 0.25) is 0 Å². The van der Waals surface area contributed by atoms with Gasteiger partial charge in [0.25, 0.3) is 0 Å². The van der Waals surface area contributed by atoms with E-state index >= 15 is 26.3 Å². The largest absolute Gasteiger partial charge is 0.494 e. The lowest BCUT2D eigenvalue weighted by Gasteiger charge is -2.19. The van der Waals surface area contributed by atoms with Crippen LogP contribution in [0.5, 0.6) is 34.5 Å². The Bertz CT molecular complexity index is 4690. The molecule has 3 aromatic carbocycles. The minimum Gasteiger partial charge on any atom is -0.494 e. The minimum absolute atomic E-state index is 0. The normalized spacial score (nSPS) is 14.8. The maximum Gasteiger partial charge on any atom is 0.316 e. The summed E-state index contributed by atoms with van der Waals surface area (Å²) in [6.45, 7) is 10.7. The van der Waals surface area contributed by atoms with Crippen LogP contribution >= 0.6 is 52.1 Å². The summed E-state index contributed by atoms with van der Waals surface area (Å²) in [6.07, 6.45) is 13.9. The number of hydrogen-bond donors (Lipinski definition) is 5. The van der Waals surface area contributed by atoms with Crippen LogP contribution < -0.4 is 39.5 Å². The first-order valence-corrected chi connectivity index (χ1v) is 35.8. The fourth-order valence-corrected chi connectivity index (χ4v) is 13.7. The minimum atomic E-state index is -0.755. The Morgan fingerprint density at radius 1 is 0.531 bits per heavy atom. The second-order valence-electron chi connectivity index (χ2n) is 27.3. The number of amides is 1. The average Bonchev–Trinajstić information content (AvgIpc) is 1.71. The van der Waals surface area contributed by atoms with E-state index in [4.69, 9.17) is 50.9 Å². The van der Waals surface area contributed by atoms with Crippen molar-refractivity contribution in [3.63, 3.8) is 0 Å². The highest BCUT2D eigenvalue weighted by Gasteiger charge is 2.37. The molecule has 616 valence electrons. The molecule has 113 heavy (non-hydrogen) atoms. The third-order valence-electron chi connectivity index (χ3n) is 19.3. The molecule has 0 fully saturated rings. The van der Waals surface area contributed by atoms with Gasteiger partial charge in [-0.15, -0.1) is 0 Å². The highest BCUT2D eigenvalue weighted by Crippen LogP contribution is 2.46. The van der Waals surface area contributed by atoms with Gasteiger partial charge >= 0.3 is 5.69 Å². The number of nitrogens with one attached hydrogen (secondary N) is 4. The molecule has 12 rings (SSSR count). The number of rotatable bonds is 25. The highest BCUT2D eigenvalue weighted by atomic mass is 35.5. The van der Waals surface area contributed by atoms with Gasteiger partial charge in [-0.3, -0.25) is 49.0 Å². The topological polar surface area (TPSA) is 320 Å². The molecule has 0 unspecified atom stereocenters. The molecule has 0 spiro atoms. The van der Waals surface area contributed by atoms with Gasteiger partial charge in [-0.2, -0.15) is 71.1 Å². The standard InChI is InChI=1S/C26H32F2N6O3.C23H28F2N6O4.C23H30F2N6O2.C3H3ClO.3H2S/c1-6-21(35)29-18-14-34(11-10-33(2)3)32-26(18)25-16-9-7-8-15(12-17(16)30-31-25)22-23(27)19(36-4)13-20(37-5)24(22)28;1-29(2)8-9-30-12-16(31(32)33)23(28-30)22-14-7-5-6-13(10-15(14)26-27-22)19-20(24)17(34-3)11-18(35-4)21(19)25;1-30(2)8-9-31-12-15(26)23(29-31)22-14-7-5-6-13(10-16(14)27-28-22)19-20(24)17(32-3)11-18(33-4)21(19)25;1-2-3(4)5;;;/h6,13-15H,1,7-12H2,2-5H3,(H,29,35)(H,30,31);11-13H,5-10H2,1-4H3,(H,26,27);11-13H,5-10,26H2,1-4H3,(H,27,28);2H,1H2;3*1H2/t15-;2*13-;;;;/m000..../s1. The predicted octanol–water partition coefficient (Wildman–Crippen LogP) is 12.3. The Labute approximate surface area is 676 Å². The summed E-state index contributed by atoms with van der Waals surface area (Å²) in [4.78, 5) is 38.9. The summed E-state index contributed by atoms with van der Waals surface area (Å²) in [6, 6.07) is 3.65. The number of aromatic nitrogens is 12. The molecule has 0 bridgehead atoms. The van der Waals surface area contributed by atoms with Crippen LogP contribution in [0.1, 0.15) is 107 Å². The predicted molar refractivity (Wildman–Crippen MR) is 434 cm³/mol. The van der Waals surface area contributed by atoms with E-state index in [1.807, 2.05) is 63.0 Å². The maximum atomic E-state index is 15.2. The highest BCUT2D eigenvalue weighted by molar-refractivity contribution is 7.59. The number of benzene rings is 3. The fourth-order valence-electron chi connectivity index (χ4n) is 13.7. The summed E-state index contributed by atoms with van der Waals surface area (Å²) >= 11 is 4.71. The number of allylic oxidation sites excluding steroid dienone is 1. The van der Waals surface area contributed by atoms with Crippen molar-refractivity contribution in [1.82, 2.24) is 74.6 Å². The van der Waals surface area contributed by atoms with Crippen LogP contribution in [0, 0.1) is 45.0 Å². The SMILES string of the molecule is C=CC(=O)Cl.C=CC(=O)Nc1cn(CCN(C)C)nc1-c1n[nH]c2c1CCC[C@H](c1c(F)c(OC)cc(OC)c1F)C2.COc1cc(OC)c(F)c([C@H]2CCCc3c(-c4nn(CCN(C)C)cc4N)n[nH]c3C2)c1F.COc1cc(OC)c(F)c([C@H]2CCCc3c(-c4nn(CCN(C)C)cc4[N+](=O)[O-])n[nH]c3C2)c1F.S.S.S. The van der Waals surface area contributed by atoms with Crippen molar-refractivity contribution in [3.8, 4) is 68.7 Å². The van der Waals surface area contributed by atoms with Gasteiger partial charge in [0.2, 0.25) is 11.1 Å². The number of H-pyrrole nitrogens is 3. The number of nitrogen functional groups attached to an aromatic ring is 1. The maximum absolute atomic E-state index is 15.2. The Morgan fingerprint density at radius 2 is 0.832 bits per heavy atom. The lowest BCUT2D eigenvalue weighted by atomic mass is 9.90. The monoisotopic (exact) mass is 1660 g/mol. The van der Waals surface area contributed by atoms with Crippen molar-refractivity contribution in [2.24, 2.45) is 0 Å². The number of nitro groups is 1. The van der Waals surface area contributed by atoms with Crippen molar-refractivity contribution in [1.29, 1.82) is 0 Å². The van der Waals surface area contributed by atoms with E-state index in [2.05, 4.69) is 64.2 Å². The van der Waals surface area contributed by atoms with E-state index in [0.29, 0.717) is 136 Å². The number of aromatic amines is 3. The first kappa shape index (κ1) is 92.2. The van der Waals surface area contributed by atoms with E-state index < -0.39 is 62.8 Å². The van der Waals surface area contributed by atoms with Crippen LogP contribution in [0.3, 0.4) is 0 Å². The van der Waals surface area contributed by atoms with Gasteiger partial charge in [-0.05, 0) is 161 Å². The molecule has 28 nitrogen and oxygen atoms in total. The molecule has 38 heteroatoms. The zero-order valence-corrected chi connectivity index (χ0v) is 68.9. The molecule has 3 atom stereocenters. The molecule has 0 radical (unpaired) electrons. The van der Waals surface area contributed by atoms with Gasteiger partial charge in [0.1, 0.15) is 34.7 Å². The number of carbonyl (C=O) groups is 2. The number of carbonyl (C=O) groups excluding carboxylic acids is 2. The molecule has 3 aliphatic rings. The van der Waals surface area contributed by atoms with Gasteiger partial charge < -0.3 is 54.2 Å². The van der Waals surface area contributed by atoms with Gasteiger partial charge in [0.05, 0.1) is 78.6 Å². The number of anilines is 2. The number of nitrogens with zero attached hydrogens (tertiary/aromatic N) is 13. The summed E-state index contributed by atoms with van der Waals surface area (Å²) < 4.78 is 127. The second-order valence-corrected chi connectivity index (χ2v) is 27.7. The molecular formula is C75H99ClF6N18O10S3. The van der Waals surface area contributed by atoms with Crippen molar-refractivity contribution >= 4 is 80.3 Å². The van der Waals surface area contributed by atoms with Crippen molar-refractivity contribution in [2.75, 3.05) is 116 Å². The Morgan fingerprint density at radius 3 is 1.14 bits per heavy atom. The Balaban J connectivity index is 0.000000253. The third-order valence-corrected chi connectivity index (χ3v) is 19.4. The first-order chi connectivity index (χ1) is 52.6. The van der Waals surface area contributed by atoms with E-state index in [9.17, 15) is 19.7 Å². The number of methoxy groups -OCH3 is 6. The average molecular weight is 1660 g/mol. The van der Waals surface area contributed by atoms with E-state index in [0.717, 1.165) is 53.7 Å². The number of nitrogens with two attached hydrogens (primary N) is 1. The Hall–Kier alpha value is -9.66. The lowest BCUT2D eigenvalue weighted by molar-refractivity contribution is -0.384. The fraction of sp³-hybridized carbons (Fsp3) is 0.440. The molecule has 0 aliphatic heterocycles. The van der Waals surface area contributed by atoms with Crippen LogP contribution in [-0.2, 0) is 67.7 Å². The number of ether oxygens (including phenoxy) is 6. The third kappa shape index (κ3) is 21.6. The van der Waals surface area contributed by atoms with Crippen LogP contribution in [-0.4, -0.2) is 195 Å². The van der Waals surface area contributed by atoms with Crippen LogP contribution in [0.15, 0.2) is 62.1 Å². The van der Waals surface area contributed by atoms with Crippen LogP contribution in [0.25, 0.3) is 34.2 Å². The molecule has 0 saturated carbocycles. The van der Waals surface area contributed by atoms with E-state index in [1.165, 1.54) is 73.1 Å². The molecule has 6 heterocycles. The van der Waals surface area contributed by atoms with Crippen molar-refractivity contribution in [3.05, 3.63) is 158 Å². The van der Waals surface area contributed by atoms with E-state index in [1.54, 1.807) is 15.6 Å². The van der Waals surface area contributed by atoms with Gasteiger partial charge in [-0.25, -0.2) is 26.3 Å². The summed E-state index contributed by atoms with van der Waals surface area (Å²) in [5.74, 6) is -6.39. The summed E-state index contributed by atoms with van der Waals surface area (Å²) in [5, 5.41) is 50.3. The van der Waals surface area contributed by atoms with Gasteiger partial charge in [0.15, 0.2) is 75.1 Å². The smallest absolute Gasteiger partial charge is 0.316 e. The molecule has 1 amide bonds. The zero-order valence-electron chi connectivity index (χ0n) is 65.1. The molecule has 6 aromatic heterocycles. The molecule has 3 aliphatic carbocycles. The van der Waals surface area contributed by atoms with Gasteiger partial charge in [-0.1, -0.05) is 13.2 Å². The molecule has 9 aromatic rings. The number of halogens is 7. The number of likely N-dealkylation sites (N-methyl/N-ethyl adjacent to an activating group) is 3. The van der Waals surface area contributed by atoms with Crippen molar-refractivity contribution < 1.29 is 69.3 Å². The van der Waals surface area contributed by atoms with Gasteiger partial charge in [0, 0.05) is 101 Å². The van der Waals surface area contributed by atoms with Crippen LogP contribution in [0.4, 0.5) is 43.4 Å². The van der Waals surface area contributed by atoms with E-state index in [-0.39, 0.29) is 115 Å². The lowest BCUT2D eigenvalue weighted by Crippen LogP contribution is -2.18. The quantitative estimate of drug-likeness (QED) is 0.00886. The second kappa shape index (κ2) is 41.9. The number of hydrogen-bond acceptors (Lipinski definition) is 20. The van der Waals surface area contributed by atoms with Crippen molar-refractivity contribution in [2.45, 2.75) is 114 Å². The Kier molecular flexibility index (Phi) is 34.2. The summed E-state index contributed by atoms with van der Waals surface area (Å²) in [7, 11) is 19.8. The zero-order chi connectivity index (χ0) is 79.9. The molecule has 0 saturated heterocycles. The molecular weight excluding hydrogens is 1560 g/mol. The first-order valence-electron chi connectivity index (χ1n) is 35.4. The molecule has 6 N–H and O–H groups in total. The summed E-state index contributed by atoms with van der Waals surface area (Å²) in [5.41, 5.74) is 15.1. The number of fused-ring (bicyclic) bond motifs is 3.